The van der Waals surface area contributed by atoms with E-state index in [-0.39, 0.29) is 12.1 Å². The van der Waals surface area contributed by atoms with E-state index >= 15 is 0 Å². The molecule has 0 fully saturated rings. The number of carbonyl (C=O) groups excluding carboxylic acids is 1. The molecule has 3 aromatic rings. The Morgan fingerprint density at radius 3 is 2.64 bits per heavy atom. The molecule has 2 N–H and O–H groups in total. The van der Waals surface area contributed by atoms with Gasteiger partial charge in [-0.1, -0.05) is 35.9 Å². The van der Waals surface area contributed by atoms with Gasteiger partial charge in [0.25, 0.3) is 0 Å². The van der Waals surface area contributed by atoms with Gasteiger partial charge in [-0.2, -0.15) is 5.10 Å². The summed E-state index contributed by atoms with van der Waals surface area (Å²) in [7, 11) is 1.80. The van der Waals surface area contributed by atoms with E-state index in [1.54, 1.807) is 36.4 Å². The minimum atomic E-state index is -0.292. The van der Waals surface area contributed by atoms with Crippen molar-refractivity contribution >= 4 is 11.8 Å². The van der Waals surface area contributed by atoms with Gasteiger partial charge in [-0.3, -0.25) is 15.0 Å². The van der Waals surface area contributed by atoms with Crippen LogP contribution in [0.3, 0.4) is 0 Å². The molecular formula is C19H21N5O. The van der Waals surface area contributed by atoms with E-state index in [4.69, 9.17) is 0 Å². The third-order valence-electron chi connectivity index (χ3n) is 3.91. The molecule has 0 saturated carbocycles. The second-order valence-electron chi connectivity index (χ2n) is 6.00. The monoisotopic (exact) mass is 335 g/mol. The molecule has 25 heavy (non-hydrogen) atoms. The molecular weight excluding hydrogens is 314 g/mol. The average Bonchev–Trinajstić information content (AvgIpc) is 3.01. The fourth-order valence-corrected chi connectivity index (χ4v) is 2.59. The molecule has 128 valence electrons. The molecule has 1 atom stereocenters. The first kappa shape index (κ1) is 16.7. The van der Waals surface area contributed by atoms with Crippen molar-refractivity contribution in [1.82, 2.24) is 20.1 Å². The molecule has 2 heterocycles. The number of nitrogens with one attached hydrogen (secondary N) is 2. The number of hydrogen-bond acceptors (Lipinski definition) is 3. The molecule has 0 spiro atoms. The van der Waals surface area contributed by atoms with Crippen LogP contribution in [0.1, 0.15) is 22.7 Å². The Hall–Kier alpha value is -3.15. The van der Waals surface area contributed by atoms with Gasteiger partial charge in [-0.25, -0.2) is 4.79 Å². The zero-order valence-electron chi connectivity index (χ0n) is 14.3. The molecule has 3 rings (SSSR count). The summed E-state index contributed by atoms with van der Waals surface area (Å²) >= 11 is 0. The third kappa shape index (κ3) is 4.67. The number of nitrogens with zero attached hydrogens (tertiary/aromatic N) is 3. The zero-order chi connectivity index (χ0) is 17.6. The van der Waals surface area contributed by atoms with Gasteiger partial charge in [0, 0.05) is 31.7 Å². The molecule has 6 heteroatoms. The van der Waals surface area contributed by atoms with Crippen LogP contribution in [0.5, 0.6) is 0 Å². The number of rotatable bonds is 5. The number of benzene rings is 1. The van der Waals surface area contributed by atoms with Crippen LogP contribution >= 0.6 is 0 Å². The minimum Gasteiger partial charge on any atom is -0.331 e. The van der Waals surface area contributed by atoms with Crippen molar-refractivity contribution in [1.29, 1.82) is 0 Å². The van der Waals surface area contributed by atoms with E-state index in [9.17, 15) is 4.79 Å². The number of pyridine rings is 1. The van der Waals surface area contributed by atoms with Crippen molar-refractivity contribution < 1.29 is 4.79 Å². The first-order chi connectivity index (χ1) is 12.1. The Morgan fingerprint density at radius 1 is 1.20 bits per heavy atom. The smallest absolute Gasteiger partial charge is 0.320 e. The molecule has 0 aliphatic carbocycles. The second-order valence-corrected chi connectivity index (χ2v) is 6.00. The zero-order valence-corrected chi connectivity index (χ0v) is 14.3. The van der Waals surface area contributed by atoms with Gasteiger partial charge in [-0.05, 0) is 30.5 Å². The Kier molecular flexibility index (Phi) is 5.09. The molecule has 2 amide bonds. The maximum Gasteiger partial charge on any atom is 0.320 e. The van der Waals surface area contributed by atoms with Crippen molar-refractivity contribution in [2.24, 2.45) is 7.05 Å². The Morgan fingerprint density at radius 2 is 2.00 bits per heavy atom. The van der Waals surface area contributed by atoms with Crippen LogP contribution in [0.15, 0.2) is 61.1 Å². The molecule has 0 aliphatic rings. The number of carbonyl (C=O) groups is 1. The van der Waals surface area contributed by atoms with Crippen LogP contribution in [0.4, 0.5) is 10.6 Å². The lowest BCUT2D eigenvalue weighted by atomic mass is 9.99. The van der Waals surface area contributed by atoms with Crippen molar-refractivity contribution in [2.75, 3.05) is 5.32 Å². The summed E-state index contributed by atoms with van der Waals surface area (Å²) in [6.45, 7) is 2.06. The maximum absolute atomic E-state index is 12.4. The molecule has 2 aromatic heterocycles. The van der Waals surface area contributed by atoms with Crippen molar-refractivity contribution in [3.63, 3.8) is 0 Å². The van der Waals surface area contributed by atoms with Crippen LogP contribution in [0.2, 0.25) is 0 Å². The molecule has 0 unspecified atom stereocenters. The lowest BCUT2D eigenvalue weighted by molar-refractivity contribution is 0.248. The minimum absolute atomic E-state index is 0.180. The summed E-state index contributed by atoms with van der Waals surface area (Å²) in [4.78, 5) is 16.5. The van der Waals surface area contributed by atoms with Gasteiger partial charge in [0.15, 0.2) is 5.82 Å². The molecule has 1 aromatic carbocycles. The van der Waals surface area contributed by atoms with Crippen LogP contribution in [-0.2, 0) is 13.5 Å². The van der Waals surface area contributed by atoms with Gasteiger partial charge >= 0.3 is 6.03 Å². The van der Waals surface area contributed by atoms with Crippen molar-refractivity contribution in [2.45, 2.75) is 19.4 Å². The van der Waals surface area contributed by atoms with Gasteiger partial charge in [-0.15, -0.1) is 0 Å². The largest absolute Gasteiger partial charge is 0.331 e. The van der Waals surface area contributed by atoms with E-state index in [2.05, 4.69) is 51.9 Å². The van der Waals surface area contributed by atoms with Gasteiger partial charge in [0.1, 0.15) is 0 Å². The Balaban J connectivity index is 1.74. The summed E-state index contributed by atoms with van der Waals surface area (Å²) in [5.74, 6) is 0.514. The average molecular weight is 335 g/mol. The van der Waals surface area contributed by atoms with E-state index in [1.807, 2.05) is 12.1 Å². The fraction of sp³-hybridized carbons (Fsp3) is 0.211. The summed E-state index contributed by atoms with van der Waals surface area (Å²) < 4.78 is 1.64. The van der Waals surface area contributed by atoms with Gasteiger partial charge < -0.3 is 5.32 Å². The highest BCUT2D eigenvalue weighted by atomic mass is 16.2. The molecule has 0 aliphatic heterocycles. The van der Waals surface area contributed by atoms with Crippen LogP contribution < -0.4 is 10.6 Å². The van der Waals surface area contributed by atoms with Gasteiger partial charge in [0.05, 0.1) is 6.04 Å². The van der Waals surface area contributed by atoms with Crippen LogP contribution in [0, 0.1) is 6.92 Å². The molecule has 0 saturated heterocycles. The van der Waals surface area contributed by atoms with E-state index in [1.165, 1.54) is 5.56 Å². The Labute approximate surface area is 146 Å². The number of urea groups is 1. The van der Waals surface area contributed by atoms with Crippen LogP contribution in [0.25, 0.3) is 0 Å². The maximum atomic E-state index is 12.4. The number of amides is 2. The quantitative estimate of drug-likeness (QED) is 0.752. The number of aryl methyl sites for hydroxylation is 2. The highest BCUT2D eigenvalue weighted by molar-refractivity contribution is 5.88. The van der Waals surface area contributed by atoms with Crippen molar-refractivity contribution in [3.05, 3.63) is 77.7 Å². The molecule has 0 radical (unpaired) electrons. The Bertz CT molecular complexity index is 827. The summed E-state index contributed by atoms with van der Waals surface area (Å²) in [5, 5.41) is 9.93. The van der Waals surface area contributed by atoms with Crippen molar-refractivity contribution in [3.8, 4) is 0 Å². The second kappa shape index (κ2) is 7.61. The van der Waals surface area contributed by atoms with E-state index in [0.29, 0.717) is 12.2 Å². The highest BCUT2D eigenvalue weighted by Crippen LogP contribution is 2.18. The summed E-state index contributed by atoms with van der Waals surface area (Å²) in [6.07, 6.45) is 5.96. The summed E-state index contributed by atoms with van der Waals surface area (Å²) in [5.41, 5.74) is 3.32. The summed E-state index contributed by atoms with van der Waals surface area (Å²) in [6, 6.07) is 13.4. The van der Waals surface area contributed by atoms with Gasteiger partial charge in [0.2, 0.25) is 0 Å². The topological polar surface area (TPSA) is 71.8 Å². The fourth-order valence-electron chi connectivity index (χ4n) is 2.59. The normalized spacial score (nSPS) is 11.8. The molecule has 6 nitrogen and oxygen atoms in total. The first-order valence-electron chi connectivity index (χ1n) is 8.13. The van der Waals surface area contributed by atoms with E-state index < -0.39 is 0 Å². The van der Waals surface area contributed by atoms with Crippen LogP contribution in [-0.4, -0.2) is 20.8 Å². The first-order valence-corrected chi connectivity index (χ1v) is 8.13. The highest BCUT2D eigenvalue weighted by Gasteiger charge is 2.16. The predicted molar refractivity (Wildman–Crippen MR) is 97.2 cm³/mol. The lowest BCUT2D eigenvalue weighted by Crippen LogP contribution is -2.34. The standard InChI is InChI=1S/C19H21N5O/c1-14-5-7-15(8-6-14)12-17(16-4-3-10-20-13-16)21-19(25)22-18-9-11-24(2)23-18/h3-11,13,17H,12H2,1-2H3,(H2,21,22,23,25)/t17-/m1/s1. The van der Waals surface area contributed by atoms with E-state index in [0.717, 1.165) is 11.1 Å². The lowest BCUT2D eigenvalue weighted by Gasteiger charge is -2.19. The third-order valence-corrected chi connectivity index (χ3v) is 3.91. The number of anilines is 1. The number of aromatic nitrogens is 3. The molecule has 0 bridgehead atoms. The predicted octanol–water partition coefficient (Wildman–Crippen LogP) is 3.23. The SMILES string of the molecule is Cc1ccc(C[C@@H](NC(=O)Nc2ccn(C)n2)c2cccnc2)cc1. The number of hydrogen-bond donors (Lipinski definition) is 2.